The minimum Gasteiger partial charge on any atom is -0.743 e. The van der Waals surface area contributed by atoms with E-state index in [-0.39, 0.29) is 23.3 Å². The lowest BCUT2D eigenvalue weighted by Crippen LogP contribution is -2.39. The first kappa shape index (κ1) is 42.8. The Morgan fingerprint density at radius 1 is 0.612 bits per heavy atom. The van der Waals surface area contributed by atoms with Crippen LogP contribution in [0.25, 0.3) is 0 Å². The van der Waals surface area contributed by atoms with Crippen molar-refractivity contribution in [3.8, 4) is 0 Å². The van der Waals surface area contributed by atoms with Gasteiger partial charge in [-0.05, 0) is 61.4 Å². The number of carbonyl (C=O) groups is 1. The molecule has 3 aromatic carbocycles. The summed E-state index contributed by atoms with van der Waals surface area (Å²) >= 11 is 3.45. The van der Waals surface area contributed by atoms with Gasteiger partial charge in [-0.25, -0.2) is 17.6 Å². The summed E-state index contributed by atoms with van der Waals surface area (Å²) in [6.07, 6.45) is 18.5. The van der Waals surface area contributed by atoms with Crippen LogP contribution in [0.15, 0.2) is 99.6 Å². The molecule has 0 N–H and O–H groups in total. The second-order valence-corrected chi connectivity index (χ2v) is 16.1. The standard InChI is InChI=1S/C20H37BrF2O5S.C18H14FS/c21-17-15-13-11-9-7-5-3-1-2-4-6-8-10-12-14-16-18-28-19(24)20(22,23)29(25,26)27;19-15-11-13-18(14-12-15)20(16-7-3-1-4-8-16)17-9-5-2-6-10-17/h1-18H2,(H,25,26,27);1-14H/q;+1/p-1. The molecule has 3 rings (SSSR count). The number of hydrogen-bond acceptors (Lipinski definition) is 5. The van der Waals surface area contributed by atoms with Crippen molar-refractivity contribution in [1.29, 1.82) is 0 Å². The number of benzene rings is 3. The summed E-state index contributed by atoms with van der Waals surface area (Å²) in [5.41, 5.74) is 0. The molecule has 0 amide bonds. The maximum absolute atomic E-state index is 13.2. The highest BCUT2D eigenvalue weighted by Crippen LogP contribution is 2.31. The van der Waals surface area contributed by atoms with E-state index in [2.05, 4.69) is 44.9 Å². The molecule has 3 aromatic rings. The molecule has 0 unspecified atom stereocenters. The van der Waals surface area contributed by atoms with Crippen LogP contribution >= 0.6 is 15.9 Å². The molecule has 0 heterocycles. The number of halogens is 4. The molecule has 272 valence electrons. The van der Waals surface area contributed by atoms with Crippen molar-refractivity contribution in [2.45, 2.75) is 123 Å². The molecule has 5 nitrogen and oxygen atoms in total. The van der Waals surface area contributed by atoms with Crippen molar-refractivity contribution in [3.05, 3.63) is 90.7 Å². The van der Waals surface area contributed by atoms with Crippen LogP contribution in [0.1, 0.15) is 103 Å². The SMILES string of the molecule is Fc1ccc([S+](c2ccccc2)c2ccccc2)cc1.O=C(OCCCCCCCCCCCCCCCCCCBr)C(F)(F)S(=O)(=O)[O-]. The summed E-state index contributed by atoms with van der Waals surface area (Å²) in [6.45, 7) is -0.305. The number of rotatable bonds is 23. The lowest BCUT2D eigenvalue weighted by molar-refractivity contribution is -0.161. The van der Waals surface area contributed by atoms with E-state index in [1.54, 1.807) is 0 Å². The number of unbranched alkanes of at least 4 members (excludes halogenated alkanes) is 15. The Bertz CT molecular complexity index is 1360. The largest absolute Gasteiger partial charge is 0.743 e. The van der Waals surface area contributed by atoms with E-state index in [1.807, 2.05) is 48.5 Å². The third-order valence-corrected chi connectivity index (χ3v) is 11.4. The fourth-order valence-electron chi connectivity index (χ4n) is 5.11. The highest BCUT2D eigenvalue weighted by molar-refractivity contribution is 9.09. The van der Waals surface area contributed by atoms with Crippen LogP contribution < -0.4 is 0 Å². The predicted octanol–water partition coefficient (Wildman–Crippen LogP) is 11.2. The Kier molecular flexibility index (Phi) is 21.6. The number of alkyl halides is 3. The van der Waals surface area contributed by atoms with Crippen LogP contribution in [-0.4, -0.2) is 36.1 Å². The molecule has 49 heavy (non-hydrogen) atoms. The Balaban J connectivity index is 0.000000360. The van der Waals surface area contributed by atoms with E-state index in [0.29, 0.717) is 12.8 Å². The molecule has 0 aliphatic heterocycles. The van der Waals surface area contributed by atoms with Gasteiger partial charge in [0, 0.05) is 5.33 Å². The minimum absolute atomic E-state index is 0.190. The minimum atomic E-state index is -6.03. The molecule has 0 atom stereocenters. The normalized spacial score (nSPS) is 11.6. The molecule has 0 aliphatic carbocycles. The van der Waals surface area contributed by atoms with Gasteiger partial charge in [-0.3, -0.25) is 0 Å². The summed E-state index contributed by atoms with van der Waals surface area (Å²) < 4.78 is 73.9. The molecule has 0 aliphatic rings. The van der Waals surface area contributed by atoms with E-state index >= 15 is 0 Å². The van der Waals surface area contributed by atoms with E-state index in [4.69, 9.17) is 0 Å². The van der Waals surface area contributed by atoms with Crippen LogP contribution in [0.3, 0.4) is 0 Å². The zero-order valence-corrected chi connectivity index (χ0v) is 31.4. The summed E-state index contributed by atoms with van der Waals surface area (Å²) in [4.78, 5) is 14.5. The summed E-state index contributed by atoms with van der Waals surface area (Å²) in [6, 6.07) is 27.5. The van der Waals surface area contributed by atoms with E-state index in [1.165, 1.54) is 92.6 Å². The topological polar surface area (TPSA) is 83.5 Å². The first-order valence-electron chi connectivity index (χ1n) is 17.2. The average Bonchev–Trinajstić information content (AvgIpc) is 3.09. The smallest absolute Gasteiger partial charge is 0.428 e. The highest BCUT2D eigenvalue weighted by atomic mass is 79.9. The van der Waals surface area contributed by atoms with Crippen molar-refractivity contribution >= 4 is 42.9 Å². The first-order chi connectivity index (χ1) is 23.6. The fraction of sp³-hybridized carbons (Fsp3) is 0.500. The monoisotopic (exact) mass is 786 g/mol. The van der Waals surface area contributed by atoms with Crippen LogP contribution in [0.2, 0.25) is 0 Å². The number of carbonyl (C=O) groups excluding carboxylic acids is 1. The zero-order chi connectivity index (χ0) is 35.8. The van der Waals surface area contributed by atoms with Gasteiger partial charge < -0.3 is 9.29 Å². The first-order valence-corrected chi connectivity index (χ1v) is 21.0. The Morgan fingerprint density at radius 3 is 1.33 bits per heavy atom. The van der Waals surface area contributed by atoms with Crippen molar-refractivity contribution in [1.82, 2.24) is 0 Å². The molecule has 0 aromatic heterocycles. The van der Waals surface area contributed by atoms with Crippen LogP contribution in [0.5, 0.6) is 0 Å². The molecule has 0 saturated heterocycles. The lowest BCUT2D eigenvalue weighted by atomic mass is 10.0. The molecule has 0 radical (unpaired) electrons. The Labute approximate surface area is 302 Å². The van der Waals surface area contributed by atoms with E-state index in [0.717, 1.165) is 29.5 Å². The highest BCUT2D eigenvalue weighted by Gasteiger charge is 2.48. The van der Waals surface area contributed by atoms with Gasteiger partial charge >= 0.3 is 11.2 Å². The molecule has 0 spiro atoms. The Hall–Kier alpha value is -2.34. The van der Waals surface area contributed by atoms with E-state index < -0.39 is 21.3 Å². The number of hydrogen-bond donors (Lipinski definition) is 0. The molecule has 0 fully saturated rings. The van der Waals surface area contributed by atoms with Crippen molar-refractivity contribution in [2.75, 3.05) is 11.9 Å². The maximum Gasteiger partial charge on any atom is 0.428 e. The number of esters is 1. The molecular formula is C38H50BrF3O5S2. The third-order valence-electron chi connectivity index (χ3n) is 7.82. The quantitative estimate of drug-likeness (QED) is 0.0314. The van der Waals surface area contributed by atoms with Gasteiger partial charge in [-0.15, -0.1) is 0 Å². The molecule has 0 saturated carbocycles. The van der Waals surface area contributed by atoms with Gasteiger partial charge in [-0.2, -0.15) is 8.78 Å². The predicted molar refractivity (Wildman–Crippen MR) is 195 cm³/mol. The van der Waals surface area contributed by atoms with Crippen molar-refractivity contribution < 1.29 is 35.7 Å². The fourth-order valence-corrected chi connectivity index (χ4v) is 7.86. The molecule has 11 heteroatoms. The second kappa shape index (κ2) is 24.7. The summed E-state index contributed by atoms with van der Waals surface area (Å²) in [5, 5.41) is -3.90. The molecule has 0 bridgehead atoms. The summed E-state index contributed by atoms with van der Waals surface area (Å²) in [5.74, 6) is -2.49. The van der Waals surface area contributed by atoms with Gasteiger partial charge in [0.05, 0.1) is 17.5 Å². The average molecular weight is 788 g/mol. The molecular weight excluding hydrogens is 737 g/mol. The van der Waals surface area contributed by atoms with Crippen molar-refractivity contribution in [3.63, 3.8) is 0 Å². The van der Waals surface area contributed by atoms with E-state index in [9.17, 15) is 30.9 Å². The van der Waals surface area contributed by atoms with Crippen molar-refractivity contribution in [2.24, 2.45) is 0 Å². The zero-order valence-electron chi connectivity index (χ0n) is 28.2. The number of ether oxygens (including phenoxy) is 1. The van der Waals surface area contributed by atoms with Gasteiger partial charge in [0.25, 0.3) is 0 Å². The van der Waals surface area contributed by atoms with Crippen LogP contribution in [-0.2, 0) is 30.5 Å². The van der Waals surface area contributed by atoms with Crippen LogP contribution in [0.4, 0.5) is 13.2 Å². The van der Waals surface area contributed by atoms with Crippen LogP contribution in [0, 0.1) is 5.82 Å². The second-order valence-electron chi connectivity index (χ2n) is 11.8. The maximum atomic E-state index is 13.2. The third kappa shape index (κ3) is 17.4. The summed E-state index contributed by atoms with van der Waals surface area (Å²) in [7, 11) is -6.22. The van der Waals surface area contributed by atoms with Gasteiger partial charge in [0.2, 0.25) is 0 Å². The lowest BCUT2D eigenvalue weighted by Gasteiger charge is -2.17. The van der Waals surface area contributed by atoms with Gasteiger partial charge in [0.1, 0.15) is 5.82 Å². The van der Waals surface area contributed by atoms with Gasteiger partial charge in [-0.1, -0.05) is 142 Å². The van der Waals surface area contributed by atoms with Gasteiger partial charge in [0.15, 0.2) is 24.8 Å². The Morgan fingerprint density at radius 2 is 0.959 bits per heavy atom.